The quantitative estimate of drug-likeness (QED) is 0.199. The van der Waals surface area contributed by atoms with E-state index in [1.165, 1.54) is 6.21 Å². The number of carbonyl (C=O) groups is 3. The van der Waals surface area contributed by atoms with Crippen molar-refractivity contribution < 1.29 is 23.9 Å². The molecule has 0 aromatic heterocycles. The predicted molar refractivity (Wildman–Crippen MR) is 146 cm³/mol. The largest absolute Gasteiger partial charge is 0.492 e. The van der Waals surface area contributed by atoms with Crippen LogP contribution < -0.4 is 25.5 Å². The summed E-state index contributed by atoms with van der Waals surface area (Å²) >= 11 is 3.38. The number of hydrogen-bond donors (Lipinski definition) is 3. The van der Waals surface area contributed by atoms with Crippen LogP contribution in [0.4, 0.5) is 11.4 Å². The molecule has 0 aliphatic carbocycles. The molecule has 0 spiro atoms. The fourth-order valence-electron chi connectivity index (χ4n) is 3.19. The number of amides is 3. The van der Waals surface area contributed by atoms with Gasteiger partial charge in [-0.3, -0.25) is 14.4 Å². The van der Waals surface area contributed by atoms with Crippen LogP contribution in [-0.4, -0.2) is 37.1 Å². The van der Waals surface area contributed by atoms with E-state index in [1.54, 1.807) is 42.5 Å². The van der Waals surface area contributed by atoms with Gasteiger partial charge in [0.05, 0.1) is 18.5 Å². The van der Waals surface area contributed by atoms with E-state index in [2.05, 4.69) is 37.1 Å². The number of carbonyl (C=O) groups excluding carboxylic acids is 3. The molecule has 3 rings (SSSR count). The molecule has 0 fully saturated rings. The molecule has 3 aromatic rings. The predicted octanol–water partition coefficient (Wildman–Crippen LogP) is 4.57. The molecule has 0 saturated carbocycles. The van der Waals surface area contributed by atoms with Gasteiger partial charge in [0.1, 0.15) is 11.5 Å². The van der Waals surface area contributed by atoms with Crippen molar-refractivity contribution in [2.45, 2.75) is 20.8 Å². The minimum absolute atomic E-state index is 0.232. The van der Waals surface area contributed by atoms with Gasteiger partial charge < -0.3 is 20.1 Å². The minimum atomic E-state index is -0.965. The number of hydrazone groups is 1. The van der Waals surface area contributed by atoms with Gasteiger partial charge in [-0.05, 0) is 68.3 Å². The van der Waals surface area contributed by atoms with Gasteiger partial charge in [0.25, 0.3) is 5.91 Å². The van der Waals surface area contributed by atoms with Gasteiger partial charge in [-0.15, -0.1) is 0 Å². The molecule has 0 heterocycles. The van der Waals surface area contributed by atoms with E-state index < -0.39 is 11.8 Å². The first-order valence-corrected chi connectivity index (χ1v) is 12.2. The number of para-hydroxylation sites is 2. The molecular weight excluding hydrogens is 540 g/mol. The van der Waals surface area contributed by atoms with Crippen molar-refractivity contribution in [1.82, 2.24) is 5.43 Å². The molecule has 9 nitrogen and oxygen atoms in total. The van der Waals surface area contributed by atoms with Crippen LogP contribution in [0.1, 0.15) is 23.6 Å². The van der Waals surface area contributed by atoms with Crippen LogP contribution in [0, 0.1) is 13.8 Å². The third-order valence-electron chi connectivity index (χ3n) is 5.01. The summed E-state index contributed by atoms with van der Waals surface area (Å²) in [6.07, 6.45) is 1.32. The van der Waals surface area contributed by atoms with Crippen LogP contribution in [0.2, 0.25) is 0 Å². The lowest BCUT2D eigenvalue weighted by atomic mass is 10.1. The average molecular weight is 567 g/mol. The van der Waals surface area contributed by atoms with Crippen LogP contribution in [0.5, 0.6) is 11.5 Å². The Morgan fingerprint density at radius 3 is 2.46 bits per heavy atom. The summed E-state index contributed by atoms with van der Waals surface area (Å²) in [6, 6.07) is 17.7. The van der Waals surface area contributed by atoms with Gasteiger partial charge in [0.15, 0.2) is 6.61 Å². The molecule has 37 heavy (non-hydrogen) atoms. The van der Waals surface area contributed by atoms with E-state index in [4.69, 9.17) is 9.47 Å². The lowest BCUT2D eigenvalue weighted by molar-refractivity contribution is -0.136. The third-order valence-corrected chi connectivity index (χ3v) is 5.50. The monoisotopic (exact) mass is 566 g/mol. The van der Waals surface area contributed by atoms with Gasteiger partial charge >= 0.3 is 11.8 Å². The average Bonchev–Trinajstić information content (AvgIpc) is 2.87. The molecule has 192 valence electrons. The number of aryl methyl sites for hydroxylation is 2. The summed E-state index contributed by atoms with van der Waals surface area (Å²) in [5.74, 6) is -1.37. The van der Waals surface area contributed by atoms with Crippen LogP contribution in [0.25, 0.3) is 0 Å². The fourth-order valence-corrected chi connectivity index (χ4v) is 3.57. The van der Waals surface area contributed by atoms with E-state index in [-0.39, 0.29) is 12.5 Å². The molecule has 3 aromatic carbocycles. The van der Waals surface area contributed by atoms with Crippen LogP contribution >= 0.6 is 15.9 Å². The van der Waals surface area contributed by atoms with Gasteiger partial charge in [0, 0.05) is 15.7 Å². The summed E-state index contributed by atoms with van der Waals surface area (Å²) < 4.78 is 11.9. The van der Waals surface area contributed by atoms with Crippen LogP contribution in [0.15, 0.2) is 70.2 Å². The number of hydrogen-bond acceptors (Lipinski definition) is 6. The Bertz CT molecular complexity index is 1330. The van der Waals surface area contributed by atoms with Gasteiger partial charge in [0.2, 0.25) is 0 Å². The Morgan fingerprint density at radius 1 is 0.892 bits per heavy atom. The van der Waals surface area contributed by atoms with Crippen molar-refractivity contribution in [3.63, 3.8) is 0 Å². The molecule has 0 atom stereocenters. The Morgan fingerprint density at radius 2 is 1.68 bits per heavy atom. The second-order valence-corrected chi connectivity index (χ2v) is 8.84. The van der Waals surface area contributed by atoms with E-state index in [0.717, 1.165) is 21.3 Å². The van der Waals surface area contributed by atoms with Crippen molar-refractivity contribution in [3.05, 3.63) is 81.8 Å². The highest BCUT2D eigenvalue weighted by molar-refractivity contribution is 9.10. The first kappa shape index (κ1) is 27.4. The molecule has 3 amide bonds. The Balaban J connectivity index is 1.60. The van der Waals surface area contributed by atoms with E-state index in [0.29, 0.717) is 29.4 Å². The summed E-state index contributed by atoms with van der Waals surface area (Å²) in [7, 11) is 0. The van der Waals surface area contributed by atoms with Crippen molar-refractivity contribution in [3.8, 4) is 11.5 Å². The van der Waals surface area contributed by atoms with Gasteiger partial charge in [-0.2, -0.15) is 5.10 Å². The molecule has 0 saturated heterocycles. The van der Waals surface area contributed by atoms with E-state index >= 15 is 0 Å². The number of benzene rings is 3. The SMILES string of the molecule is CCOc1ccccc1NC(=O)C(=O)N/N=C\c1cc(Br)ccc1OCC(=O)Nc1cc(C)ccc1C. The number of ether oxygens (including phenoxy) is 2. The second kappa shape index (κ2) is 13.2. The molecule has 0 aliphatic heterocycles. The standard InChI is InChI=1S/C27H27BrN4O5/c1-4-36-24-8-6-5-7-21(24)31-26(34)27(35)32-29-15-19-14-20(28)11-12-23(19)37-16-25(33)30-22-13-17(2)9-10-18(22)3/h5-15H,4,16H2,1-3H3,(H,30,33)(H,31,34)(H,32,35)/b29-15-. The summed E-state index contributed by atoms with van der Waals surface area (Å²) in [6.45, 7) is 5.85. The number of anilines is 2. The number of halogens is 1. The minimum Gasteiger partial charge on any atom is -0.492 e. The lowest BCUT2D eigenvalue weighted by Crippen LogP contribution is -2.32. The molecule has 0 bridgehead atoms. The first-order chi connectivity index (χ1) is 17.8. The zero-order valence-corrected chi connectivity index (χ0v) is 22.2. The molecule has 0 radical (unpaired) electrons. The van der Waals surface area contributed by atoms with Crippen molar-refractivity contribution in [1.29, 1.82) is 0 Å². The van der Waals surface area contributed by atoms with Crippen molar-refractivity contribution in [2.24, 2.45) is 5.10 Å². The maximum Gasteiger partial charge on any atom is 0.329 e. The van der Waals surface area contributed by atoms with Gasteiger partial charge in [-0.25, -0.2) is 5.43 Å². The number of rotatable bonds is 9. The van der Waals surface area contributed by atoms with Crippen LogP contribution in [-0.2, 0) is 14.4 Å². The maximum atomic E-state index is 12.4. The highest BCUT2D eigenvalue weighted by atomic mass is 79.9. The van der Waals surface area contributed by atoms with Crippen LogP contribution in [0.3, 0.4) is 0 Å². The number of nitrogens with zero attached hydrogens (tertiary/aromatic N) is 1. The highest BCUT2D eigenvalue weighted by Gasteiger charge is 2.15. The Labute approximate surface area is 223 Å². The zero-order valence-electron chi connectivity index (χ0n) is 20.6. The number of nitrogens with one attached hydrogen (secondary N) is 3. The smallest absolute Gasteiger partial charge is 0.329 e. The van der Waals surface area contributed by atoms with E-state index in [9.17, 15) is 14.4 Å². The molecule has 3 N–H and O–H groups in total. The molecule has 10 heteroatoms. The molecule has 0 aliphatic rings. The second-order valence-electron chi connectivity index (χ2n) is 7.92. The normalized spacial score (nSPS) is 10.6. The van der Waals surface area contributed by atoms with Crippen molar-refractivity contribution in [2.75, 3.05) is 23.8 Å². The summed E-state index contributed by atoms with van der Waals surface area (Å²) in [5, 5.41) is 9.20. The van der Waals surface area contributed by atoms with Crippen molar-refractivity contribution >= 4 is 51.2 Å². The van der Waals surface area contributed by atoms with Gasteiger partial charge in [-0.1, -0.05) is 40.2 Å². The topological polar surface area (TPSA) is 118 Å². The van der Waals surface area contributed by atoms with E-state index in [1.807, 2.05) is 39.0 Å². The Hall–Kier alpha value is -4.18. The Kier molecular flexibility index (Phi) is 9.79. The summed E-state index contributed by atoms with van der Waals surface area (Å²) in [4.78, 5) is 36.9. The first-order valence-electron chi connectivity index (χ1n) is 11.4. The third kappa shape index (κ3) is 8.18. The highest BCUT2D eigenvalue weighted by Crippen LogP contribution is 2.24. The maximum absolute atomic E-state index is 12.4. The fraction of sp³-hybridized carbons (Fsp3) is 0.185. The lowest BCUT2D eigenvalue weighted by Gasteiger charge is -2.12. The summed E-state index contributed by atoms with van der Waals surface area (Å²) in [5.41, 5.74) is 5.73. The molecule has 0 unspecified atom stereocenters. The molecular formula is C27H27BrN4O5. The zero-order chi connectivity index (χ0) is 26.8.